The van der Waals surface area contributed by atoms with Gasteiger partial charge in [-0.05, 0) is 0 Å². The normalized spacial score (nSPS) is 0. The molecule has 0 radical (unpaired) electrons. The van der Waals surface area contributed by atoms with Gasteiger partial charge in [-0.1, -0.05) is 0 Å². The van der Waals surface area contributed by atoms with Crippen LogP contribution in [0.1, 0.15) is 0 Å². The van der Waals surface area contributed by atoms with Crippen molar-refractivity contribution in [2.45, 2.75) is 0 Å². The van der Waals surface area contributed by atoms with Crippen molar-refractivity contribution in [2.75, 3.05) is 0 Å². The average Bonchev–Trinajstić information content (AvgIpc) is 0. The van der Waals surface area contributed by atoms with E-state index in [1.54, 1.807) is 0 Å². The Kier molecular flexibility index (Phi) is 1860. The van der Waals surface area contributed by atoms with Crippen LogP contribution in [-0.4, -0.2) is 59.6 Å². The fourth-order valence-corrected chi connectivity index (χ4v) is 0. The van der Waals surface area contributed by atoms with Crippen LogP contribution < -0.4 is 0 Å². The van der Waals surface area contributed by atoms with Gasteiger partial charge < -0.3 is 21.9 Å². The topological polar surface area (TPSA) is 123 Å². The van der Waals surface area contributed by atoms with Crippen LogP contribution in [-0.2, 0) is 0 Å². The van der Waals surface area contributed by atoms with Crippen molar-refractivity contribution in [3.8, 4) is 0 Å². The summed E-state index contributed by atoms with van der Waals surface area (Å²) < 4.78 is 0. The molecule has 0 rings (SSSR count). The second-order valence-electron chi connectivity index (χ2n) is 0. The Morgan fingerprint density at radius 3 is 0.600 bits per heavy atom. The summed E-state index contributed by atoms with van der Waals surface area (Å²) in [5.74, 6) is 0. The zero-order valence-corrected chi connectivity index (χ0v) is 4.81. The molecule has 4 nitrogen and oxygen atoms in total. The molecular weight excluding hydrogens is 104 g/mol. The Morgan fingerprint density at radius 2 is 0.600 bits per heavy atom. The molecule has 0 unspecified atom stereocenters. The first-order valence-corrected chi connectivity index (χ1v) is 0. The largest absolute Gasteiger partial charge is 2.00 e. The quantitative estimate of drug-likeness (QED) is 0.323. The molecule has 0 fully saturated rings. The molecule has 5 heavy (non-hydrogen) atoms. The minimum absolute atomic E-state index is 0. The van der Waals surface area contributed by atoms with Gasteiger partial charge in [-0.3, -0.25) is 0 Å². The minimum Gasteiger partial charge on any atom is -0.870 e. The summed E-state index contributed by atoms with van der Waals surface area (Å²) in [6.45, 7) is 0. The summed E-state index contributed by atoms with van der Waals surface area (Å²) in [6, 6.07) is 0. The maximum absolute atomic E-state index is 0. The van der Waals surface area contributed by atoms with Crippen LogP contribution in [0.15, 0.2) is 0 Å². The molecule has 6 N–H and O–H groups in total. The molecule has 0 saturated carbocycles. The summed E-state index contributed by atoms with van der Waals surface area (Å²) in [5.41, 5.74) is 0. The Morgan fingerprint density at radius 1 is 0.600 bits per heavy atom. The zero-order valence-electron chi connectivity index (χ0n) is 2.60. The molecule has 0 spiro atoms. The molecule has 0 aliphatic carbocycles. The van der Waals surface area contributed by atoms with Crippen LogP contribution in [0.4, 0.5) is 0 Å². The summed E-state index contributed by atoms with van der Waals surface area (Å²) in [6.07, 6.45) is 0. The van der Waals surface area contributed by atoms with E-state index in [0.717, 1.165) is 0 Å². The van der Waals surface area contributed by atoms with Crippen molar-refractivity contribution in [1.29, 1.82) is 0 Å². The second kappa shape index (κ2) is 70.9. The van der Waals surface area contributed by atoms with Gasteiger partial charge in [0.15, 0.2) is 0 Å². The number of hydrogen-bond acceptors (Lipinski definition) is 2. The van der Waals surface area contributed by atoms with Gasteiger partial charge in [0.2, 0.25) is 0 Å². The third kappa shape index (κ3) is 40.5. The summed E-state index contributed by atoms with van der Waals surface area (Å²) in [7, 11) is 0. The molecule has 32 valence electrons. The van der Waals surface area contributed by atoms with Crippen molar-refractivity contribution >= 4 is 37.7 Å². The van der Waals surface area contributed by atoms with Crippen LogP contribution in [0.5, 0.6) is 0 Å². The maximum Gasteiger partial charge on any atom is 2.00 e. The Hall–Kier alpha value is 1.10. The maximum atomic E-state index is 0. The minimum atomic E-state index is 0. The van der Waals surface area contributed by atoms with Gasteiger partial charge in [0.1, 0.15) is 0 Å². The van der Waals surface area contributed by atoms with E-state index in [9.17, 15) is 0 Å². The first kappa shape index (κ1) is 131. The third-order valence-corrected chi connectivity index (χ3v) is 0. The van der Waals surface area contributed by atoms with E-state index in [1.165, 1.54) is 0 Å². The van der Waals surface area contributed by atoms with E-state index >= 15 is 0 Å². The van der Waals surface area contributed by atoms with Crippen molar-refractivity contribution in [3.05, 3.63) is 0 Å². The Labute approximate surface area is 59.4 Å². The van der Waals surface area contributed by atoms with Crippen molar-refractivity contribution in [3.63, 3.8) is 0 Å². The monoisotopic (exact) mass is 110 g/mol. The van der Waals surface area contributed by atoms with E-state index in [-0.39, 0.29) is 59.6 Å². The summed E-state index contributed by atoms with van der Waals surface area (Å²) >= 11 is 0. The molecular formula is H6CaO4. The first-order chi connectivity index (χ1) is 0. The standard InChI is InChI=1S/Ca.4H2O/h;4*1H2/q+2;;;;/p-2. The smallest absolute Gasteiger partial charge is 0.870 e. The molecule has 0 atom stereocenters. The van der Waals surface area contributed by atoms with E-state index in [2.05, 4.69) is 0 Å². The molecule has 0 heterocycles. The summed E-state index contributed by atoms with van der Waals surface area (Å²) in [5, 5.41) is 0. The fraction of sp³-hybridized carbons (Fsp3) is 0. The van der Waals surface area contributed by atoms with E-state index < -0.39 is 0 Å². The van der Waals surface area contributed by atoms with Crippen molar-refractivity contribution in [2.24, 2.45) is 0 Å². The first-order valence-electron chi connectivity index (χ1n) is 0. The fourth-order valence-electron chi connectivity index (χ4n) is 0. The van der Waals surface area contributed by atoms with Gasteiger partial charge in [-0.15, -0.1) is 0 Å². The Balaban J connectivity index is 0. The van der Waals surface area contributed by atoms with E-state index in [4.69, 9.17) is 0 Å². The van der Waals surface area contributed by atoms with E-state index in [1.807, 2.05) is 0 Å². The molecule has 0 aliphatic heterocycles. The van der Waals surface area contributed by atoms with Crippen LogP contribution >= 0.6 is 0 Å². The van der Waals surface area contributed by atoms with Crippen molar-refractivity contribution in [1.82, 2.24) is 0 Å². The summed E-state index contributed by atoms with van der Waals surface area (Å²) in [4.78, 5) is 0. The van der Waals surface area contributed by atoms with Crippen LogP contribution in [0.3, 0.4) is 0 Å². The van der Waals surface area contributed by atoms with Gasteiger partial charge in [-0.25, -0.2) is 0 Å². The number of hydrogen-bond donors (Lipinski definition) is 0. The number of rotatable bonds is 0. The molecule has 0 amide bonds. The zero-order chi connectivity index (χ0) is 0. The van der Waals surface area contributed by atoms with Gasteiger partial charge in [0, 0.05) is 0 Å². The van der Waals surface area contributed by atoms with Gasteiger partial charge in [0.05, 0.1) is 0 Å². The molecule has 0 aromatic heterocycles. The average molecular weight is 110 g/mol. The van der Waals surface area contributed by atoms with Crippen LogP contribution in [0.25, 0.3) is 0 Å². The predicted molar refractivity (Wildman–Crippen MR) is 16.9 cm³/mol. The molecule has 0 bridgehead atoms. The van der Waals surface area contributed by atoms with Crippen molar-refractivity contribution < 1.29 is 21.9 Å². The molecule has 5 heteroatoms. The second-order valence-corrected chi connectivity index (χ2v) is 0. The van der Waals surface area contributed by atoms with E-state index in [0.29, 0.717) is 0 Å². The molecule has 0 aromatic carbocycles. The van der Waals surface area contributed by atoms with Crippen LogP contribution in [0, 0.1) is 0 Å². The molecule has 0 aliphatic rings. The predicted octanol–water partition coefficient (Wildman–Crippen LogP) is -2.38. The third-order valence-electron chi connectivity index (χ3n) is 0. The Bertz CT molecular complexity index is 3.61. The van der Waals surface area contributed by atoms with Crippen LogP contribution in [0.2, 0.25) is 0 Å². The molecule has 0 aromatic rings. The van der Waals surface area contributed by atoms with Gasteiger partial charge in [-0.2, -0.15) is 0 Å². The van der Waals surface area contributed by atoms with Gasteiger partial charge in [0.25, 0.3) is 0 Å². The van der Waals surface area contributed by atoms with Gasteiger partial charge >= 0.3 is 37.7 Å². The molecule has 0 saturated heterocycles. The SMILES string of the molecule is O.O.[Ca+2].[OH-].[OH-].